The Morgan fingerprint density at radius 3 is 2.45 bits per heavy atom. The van der Waals surface area contributed by atoms with E-state index in [1.54, 1.807) is 43.3 Å². The van der Waals surface area contributed by atoms with E-state index >= 15 is 0 Å². The molecule has 0 aliphatic heterocycles. The number of anilines is 2. The third-order valence-corrected chi connectivity index (χ3v) is 6.22. The second-order valence-corrected chi connectivity index (χ2v) is 8.90. The van der Waals surface area contributed by atoms with E-state index in [-0.39, 0.29) is 22.7 Å². The highest BCUT2D eigenvalue weighted by Gasteiger charge is 2.21. The molecule has 8 nitrogen and oxygen atoms in total. The molecule has 172 valence electrons. The van der Waals surface area contributed by atoms with Crippen LogP contribution in [0, 0.1) is 6.92 Å². The number of hydrogen-bond acceptors (Lipinski definition) is 6. The van der Waals surface area contributed by atoms with Gasteiger partial charge in [0, 0.05) is 22.7 Å². The Kier molecular flexibility index (Phi) is 8.24. The van der Waals surface area contributed by atoms with Crippen molar-refractivity contribution in [3.05, 3.63) is 63.4 Å². The van der Waals surface area contributed by atoms with Gasteiger partial charge in [-0.15, -0.1) is 10.2 Å². The minimum atomic E-state index is -0.491. The van der Waals surface area contributed by atoms with Crippen molar-refractivity contribution in [3.63, 3.8) is 0 Å². The second kappa shape index (κ2) is 11.1. The molecule has 1 atom stereocenters. The number of carbonyl (C=O) groups excluding carboxylic acids is 2. The standard InChI is InChI=1S/C23H24ClN5O3S/c1-4-18(21(31)25-15-9-7-14(24)8-10-15)33-23-27-22(32)20(28-29-23)16-12-13(3)6-11-17(16)26-19(30)5-2/h6-12,18H,4-5H2,1-3H3,(H,25,31)(H,26,30)(H,27,29,32)/t18-/m1/s1. The molecule has 1 aromatic heterocycles. The van der Waals surface area contributed by atoms with Crippen LogP contribution in [0.25, 0.3) is 11.3 Å². The maximum atomic E-state index is 12.8. The lowest BCUT2D eigenvalue weighted by Crippen LogP contribution is -2.25. The summed E-state index contributed by atoms with van der Waals surface area (Å²) in [6, 6.07) is 12.1. The molecule has 0 saturated heterocycles. The molecule has 0 unspecified atom stereocenters. The summed E-state index contributed by atoms with van der Waals surface area (Å²) in [5.41, 5.74) is 2.13. The van der Waals surface area contributed by atoms with E-state index in [9.17, 15) is 14.4 Å². The molecule has 0 saturated carbocycles. The highest BCUT2D eigenvalue weighted by atomic mass is 35.5. The smallest absolute Gasteiger partial charge is 0.278 e. The molecule has 0 aliphatic carbocycles. The zero-order valence-corrected chi connectivity index (χ0v) is 20.0. The summed E-state index contributed by atoms with van der Waals surface area (Å²) in [5.74, 6) is -0.394. The number of nitrogens with zero attached hydrogens (tertiary/aromatic N) is 2. The van der Waals surface area contributed by atoms with Gasteiger partial charge < -0.3 is 10.6 Å². The van der Waals surface area contributed by atoms with Crippen molar-refractivity contribution < 1.29 is 9.59 Å². The van der Waals surface area contributed by atoms with E-state index in [0.717, 1.165) is 17.3 Å². The molecule has 0 spiro atoms. The summed E-state index contributed by atoms with van der Waals surface area (Å²) in [5, 5.41) is 14.2. The molecule has 10 heteroatoms. The number of aryl methyl sites for hydroxylation is 1. The van der Waals surface area contributed by atoms with Crippen LogP contribution in [0.5, 0.6) is 0 Å². The molecule has 2 amide bonds. The Bertz CT molecular complexity index is 1210. The molecule has 1 heterocycles. The van der Waals surface area contributed by atoms with Crippen molar-refractivity contribution in [3.8, 4) is 11.3 Å². The third-order valence-electron chi connectivity index (χ3n) is 4.73. The quantitative estimate of drug-likeness (QED) is 0.400. The maximum Gasteiger partial charge on any atom is 0.278 e. The number of amides is 2. The number of aromatic amines is 1. The molecular weight excluding hydrogens is 462 g/mol. The van der Waals surface area contributed by atoms with E-state index in [2.05, 4.69) is 25.8 Å². The average molecular weight is 486 g/mol. The SMILES string of the molecule is CCC(=O)Nc1ccc(C)cc1-c1nnc(S[C@H](CC)C(=O)Nc2ccc(Cl)cc2)[nH]c1=O. The van der Waals surface area contributed by atoms with Gasteiger partial charge in [0.15, 0.2) is 10.9 Å². The number of halogens is 1. The average Bonchev–Trinajstić information content (AvgIpc) is 2.80. The van der Waals surface area contributed by atoms with E-state index in [1.165, 1.54) is 0 Å². The predicted molar refractivity (Wildman–Crippen MR) is 132 cm³/mol. The first-order valence-corrected chi connectivity index (χ1v) is 11.7. The van der Waals surface area contributed by atoms with Crippen LogP contribution >= 0.6 is 23.4 Å². The normalized spacial score (nSPS) is 11.6. The van der Waals surface area contributed by atoms with Crippen molar-refractivity contribution in [1.82, 2.24) is 15.2 Å². The Labute approximate surface area is 200 Å². The molecular formula is C23H24ClN5O3S. The van der Waals surface area contributed by atoms with Gasteiger partial charge in [-0.1, -0.05) is 48.8 Å². The maximum absolute atomic E-state index is 12.8. The van der Waals surface area contributed by atoms with Gasteiger partial charge in [-0.2, -0.15) is 0 Å². The van der Waals surface area contributed by atoms with Crippen LogP contribution in [0.2, 0.25) is 5.02 Å². The van der Waals surface area contributed by atoms with Crippen LogP contribution in [0.3, 0.4) is 0 Å². The van der Waals surface area contributed by atoms with Crippen molar-refractivity contribution in [2.24, 2.45) is 0 Å². The summed E-state index contributed by atoms with van der Waals surface area (Å²) in [6.45, 7) is 5.50. The van der Waals surface area contributed by atoms with E-state index in [1.807, 2.05) is 19.9 Å². The number of nitrogens with one attached hydrogen (secondary N) is 3. The van der Waals surface area contributed by atoms with Crippen molar-refractivity contribution in [1.29, 1.82) is 0 Å². The first kappa shape index (κ1) is 24.5. The van der Waals surface area contributed by atoms with Crippen LogP contribution in [-0.4, -0.2) is 32.2 Å². The Balaban J connectivity index is 1.81. The zero-order chi connectivity index (χ0) is 24.0. The lowest BCUT2D eigenvalue weighted by atomic mass is 10.1. The Hall–Kier alpha value is -3.17. The van der Waals surface area contributed by atoms with Crippen molar-refractivity contribution in [2.75, 3.05) is 10.6 Å². The molecule has 2 aromatic carbocycles. The van der Waals surface area contributed by atoms with Gasteiger partial charge in [0.25, 0.3) is 5.56 Å². The number of rotatable bonds is 8. The topological polar surface area (TPSA) is 117 Å². The number of benzene rings is 2. The molecule has 0 fully saturated rings. The fourth-order valence-corrected chi connectivity index (χ4v) is 3.93. The first-order valence-electron chi connectivity index (χ1n) is 10.4. The Morgan fingerprint density at radius 2 is 1.82 bits per heavy atom. The van der Waals surface area contributed by atoms with Gasteiger partial charge in [0.1, 0.15) is 0 Å². The van der Waals surface area contributed by atoms with Crippen molar-refractivity contribution in [2.45, 2.75) is 44.0 Å². The van der Waals surface area contributed by atoms with Crippen LogP contribution in [0.1, 0.15) is 32.3 Å². The van der Waals surface area contributed by atoms with Crippen molar-refractivity contribution >= 4 is 46.6 Å². The largest absolute Gasteiger partial charge is 0.325 e. The molecule has 3 rings (SSSR count). The highest BCUT2D eigenvalue weighted by molar-refractivity contribution is 8.00. The highest BCUT2D eigenvalue weighted by Crippen LogP contribution is 2.27. The van der Waals surface area contributed by atoms with E-state index in [0.29, 0.717) is 34.8 Å². The zero-order valence-electron chi connectivity index (χ0n) is 18.4. The molecule has 3 N–H and O–H groups in total. The van der Waals surface area contributed by atoms with Crippen LogP contribution in [0.15, 0.2) is 52.4 Å². The molecule has 0 bridgehead atoms. The lowest BCUT2D eigenvalue weighted by Gasteiger charge is -2.14. The van der Waals surface area contributed by atoms with Gasteiger partial charge in [0.2, 0.25) is 11.8 Å². The summed E-state index contributed by atoms with van der Waals surface area (Å²) >= 11 is 7.00. The molecule has 0 radical (unpaired) electrons. The van der Waals surface area contributed by atoms with Crippen LogP contribution < -0.4 is 16.2 Å². The number of hydrogen-bond donors (Lipinski definition) is 3. The van der Waals surface area contributed by atoms with Crippen LogP contribution in [0.4, 0.5) is 11.4 Å². The van der Waals surface area contributed by atoms with Gasteiger partial charge >= 0.3 is 0 Å². The number of carbonyl (C=O) groups is 2. The molecule has 3 aromatic rings. The second-order valence-electron chi connectivity index (χ2n) is 7.27. The molecule has 0 aliphatic rings. The van der Waals surface area contributed by atoms with E-state index < -0.39 is 10.8 Å². The van der Waals surface area contributed by atoms with Gasteiger partial charge in [-0.25, -0.2) is 0 Å². The minimum absolute atomic E-state index is 0.0908. The lowest BCUT2D eigenvalue weighted by molar-refractivity contribution is -0.116. The summed E-state index contributed by atoms with van der Waals surface area (Å²) < 4.78 is 0. The van der Waals surface area contributed by atoms with Gasteiger partial charge in [-0.05, 0) is 49.7 Å². The van der Waals surface area contributed by atoms with E-state index in [4.69, 9.17) is 11.6 Å². The number of H-pyrrole nitrogens is 1. The Morgan fingerprint density at radius 1 is 1.09 bits per heavy atom. The number of aromatic nitrogens is 3. The summed E-state index contributed by atoms with van der Waals surface area (Å²) in [4.78, 5) is 40.1. The molecule has 33 heavy (non-hydrogen) atoms. The predicted octanol–water partition coefficient (Wildman–Crippen LogP) is 4.65. The monoisotopic (exact) mass is 485 g/mol. The fourth-order valence-electron chi connectivity index (χ4n) is 2.97. The third kappa shape index (κ3) is 6.43. The van der Waals surface area contributed by atoms with Gasteiger partial charge in [-0.3, -0.25) is 19.4 Å². The summed E-state index contributed by atoms with van der Waals surface area (Å²) in [7, 11) is 0. The summed E-state index contributed by atoms with van der Waals surface area (Å²) in [6.07, 6.45) is 0.821. The first-order chi connectivity index (χ1) is 15.8. The van der Waals surface area contributed by atoms with Crippen LogP contribution in [-0.2, 0) is 9.59 Å². The number of thioether (sulfide) groups is 1. The fraction of sp³-hybridized carbons (Fsp3) is 0.261. The minimum Gasteiger partial charge on any atom is -0.325 e. The van der Waals surface area contributed by atoms with Gasteiger partial charge in [0.05, 0.1) is 10.9 Å².